The van der Waals surface area contributed by atoms with Crippen molar-refractivity contribution in [2.45, 2.75) is 5.38 Å². The van der Waals surface area contributed by atoms with Gasteiger partial charge in [0.05, 0.1) is 29.2 Å². The number of fused-ring (bicyclic) bond motifs is 1. The van der Waals surface area contributed by atoms with E-state index in [0.29, 0.717) is 47.5 Å². The van der Waals surface area contributed by atoms with E-state index < -0.39 is 5.38 Å². The summed E-state index contributed by atoms with van der Waals surface area (Å²) in [6.45, 7) is 2.55. The highest BCUT2D eigenvalue weighted by Crippen LogP contribution is 2.42. The van der Waals surface area contributed by atoms with E-state index in [2.05, 4.69) is 9.97 Å². The van der Waals surface area contributed by atoms with E-state index in [1.54, 1.807) is 0 Å². The molecule has 0 radical (unpaired) electrons. The van der Waals surface area contributed by atoms with E-state index in [9.17, 15) is 8.78 Å². The van der Waals surface area contributed by atoms with Crippen LogP contribution < -0.4 is 4.90 Å². The van der Waals surface area contributed by atoms with Crippen LogP contribution in [0, 0.1) is 0 Å². The molecule has 4 nitrogen and oxygen atoms in total. The number of rotatable bonds is 3. The van der Waals surface area contributed by atoms with Gasteiger partial charge in [-0.15, -0.1) is 0 Å². The second kappa shape index (κ2) is 6.48. The van der Waals surface area contributed by atoms with Gasteiger partial charge in [-0.2, -0.15) is 13.8 Å². The van der Waals surface area contributed by atoms with Crippen LogP contribution in [0.25, 0.3) is 21.6 Å². The molecule has 2 aromatic heterocycles. The molecule has 0 bridgehead atoms. The number of halogens is 3. The molecule has 3 heterocycles. The van der Waals surface area contributed by atoms with Gasteiger partial charge in [0, 0.05) is 18.7 Å². The van der Waals surface area contributed by atoms with E-state index >= 15 is 0 Å². The fourth-order valence-corrected chi connectivity index (χ4v) is 4.07. The zero-order valence-corrected chi connectivity index (χ0v) is 14.7. The minimum atomic E-state index is -3.49. The summed E-state index contributed by atoms with van der Waals surface area (Å²) >= 11 is 6.57. The lowest BCUT2D eigenvalue weighted by Gasteiger charge is -2.25. The molecule has 1 aliphatic rings. The summed E-state index contributed by atoms with van der Waals surface area (Å²) < 4.78 is 33.7. The van der Waals surface area contributed by atoms with Gasteiger partial charge in [-0.1, -0.05) is 41.7 Å². The lowest BCUT2D eigenvalue weighted by atomic mass is 10.1. The molecule has 1 fully saturated rings. The molecular formula is C17H14ClF2N3OS. The molecule has 0 atom stereocenters. The number of pyridine rings is 1. The van der Waals surface area contributed by atoms with E-state index in [-0.39, 0.29) is 5.56 Å². The SMILES string of the molecule is FC(F)(Cl)c1cc(-c2ccccc2)nc2nc(N3CCOCC3)sc12. The maximum absolute atomic E-state index is 14.0. The highest BCUT2D eigenvalue weighted by molar-refractivity contribution is 7.22. The quantitative estimate of drug-likeness (QED) is 0.627. The molecule has 1 saturated heterocycles. The molecule has 0 N–H and O–H groups in total. The summed E-state index contributed by atoms with van der Waals surface area (Å²) in [6.07, 6.45) is 0. The summed E-state index contributed by atoms with van der Waals surface area (Å²) in [6, 6.07) is 10.5. The Hall–Kier alpha value is -1.83. The van der Waals surface area contributed by atoms with Crippen molar-refractivity contribution >= 4 is 38.4 Å². The number of thiazole rings is 1. The predicted molar refractivity (Wildman–Crippen MR) is 95.6 cm³/mol. The highest BCUT2D eigenvalue weighted by atomic mass is 35.5. The van der Waals surface area contributed by atoms with Crippen LogP contribution in [-0.4, -0.2) is 36.3 Å². The number of hydrogen-bond acceptors (Lipinski definition) is 5. The molecule has 4 rings (SSSR count). The van der Waals surface area contributed by atoms with Crippen molar-refractivity contribution in [2.75, 3.05) is 31.2 Å². The van der Waals surface area contributed by atoms with E-state index in [0.717, 1.165) is 5.56 Å². The number of anilines is 1. The minimum absolute atomic E-state index is 0.255. The van der Waals surface area contributed by atoms with Gasteiger partial charge in [0.2, 0.25) is 0 Å². The number of aromatic nitrogens is 2. The van der Waals surface area contributed by atoms with Crippen molar-refractivity contribution in [2.24, 2.45) is 0 Å². The van der Waals surface area contributed by atoms with Crippen LogP contribution in [0.4, 0.5) is 13.9 Å². The Balaban J connectivity index is 1.87. The van der Waals surface area contributed by atoms with Crippen LogP contribution in [0.15, 0.2) is 36.4 Å². The van der Waals surface area contributed by atoms with E-state index in [4.69, 9.17) is 16.3 Å². The number of alkyl halides is 3. The second-order valence-corrected chi connectivity index (χ2v) is 7.12. The molecular weight excluding hydrogens is 368 g/mol. The van der Waals surface area contributed by atoms with Crippen LogP contribution >= 0.6 is 22.9 Å². The summed E-state index contributed by atoms with van der Waals surface area (Å²) in [5.74, 6) is 0. The summed E-state index contributed by atoms with van der Waals surface area (Å²) in [5.41, 5.74) is 1.22. The van der Waals surface area contributed by atoms with Crippen LogP contribution in [-0.2, 0) is 10.1 Å². The van der Waals surface area contributed by atoms with Gasteiger partial charge < -0.3 is 9.64 Å². The van der Waals surface area contributed by atoms with Crippen LogP contribution in [0.5, 0.6) is 0 Å². The van der Waals surface area contributed by atoms with Crippen LogP contribution in [0.2, 0.25) is 0 Å². The zero-order chi connectivity index (χ0) is 17.4. The minimum Gasteiger partial charge on any atom is -0.378 e. The largest absolute Gasteiger partial charge is 0.378 e. The Labute approximate surface area is 152 Å². The van der Waals surface area contributed by atoms with Crippen molar-refractivity contribution < 1.29 is 13.5 Å². The van der Waals surface area contributed by atoms with E-state index in [1.165, 1.54) is 17.4 Å². The summed E-state index contributed by atoms with van der Waals surface area (Å²) in [5, 5.41) is -2.82. The standard InChI is InChI=1S/C17H14ClF2N3OS/c18-17(19,20)12-10-13(11-4-2-1-3-5-11)21-15-14(12)25-16(22-15)23-6-8-24-9-7-23/h1-5,10H,6-9H2. The fraction of sp³-hybridized carbons (Fsp3) is 0.294. The molecule has 0 amide bonds. The van der Waals surface area contributed by atoms with Gasteiger partial charge in [-0.25, -0.2) is 4.98 Å². The Kier molecular flexibility index (Phi) is 4.31. The van der Waals surface area contributed by atoms with Crippen molar-refractivity contribution in [3.63, 3.8) is 0 Å². The Bertz CT molecular complexity index is 892. The number of nitrogens with zero attached hydrogens (tertiary/aromatic N) is 3. The van der Waals surface area contributed by atoms with Gasteiger partial charge in [0.15, 0.2) is 10.8 Å². The topological polar surface area (TPSA) is 38.2 Å². The molecule has 130 valence electrons. The van der Waals surface area contributed by atoms with Crippen molar-refractivity contribution in [3.05, 3.63) is 42.0 Å². The van der Waals surface area contributed by atoms with Crippen LogP contribution in [0.3, 0.4) is 0 Å². The third kappa shape index (κ3) is 3.31. The van der Waals surface area contributed by atoms with Gasteiger partial charge in [-0.3, -0.25) is 0 Å². The lowest BCUT2D eigenvalue weighted by molar-refractivity contribution is 0.0970. The summed E-state index contributed by atoms with van der Waals surface area (Å²) in [7, 11) is 0. The first-order valence-electron chi connectivity index (χ1n) is 7.79. The molecule has 1 aromatic carbocycles. The third-order valence-corrected chi connectivity index (χ3v) is 5.35. The van der Waals surface area contributed by atoms with Gasteiger partial charge in [0.25, 0.3) is 0 Å². The molecule has 0 aliphatic carbocycles. The van der Waals surface area contributed by atoms with Gasteiger partial charge >= 0.3 is 5.38 Å². The zero-order valence-electron chi connectivity index (χ0n) is 13.1. The Morgan fingerprint density at radius 1 is 1.12 bits per heavy atom. The lowest BCUT2D eigenvalue weighted by Crippen LogP contribution is -2.36. The maximum atomic E-state index is 14.0. The van der Waals surface area contributed by atoms with Crippen molar-refractivity contribution in [1.82, 2.24) is 9.97 Å². The van der Waals surface area contributed by atoms with Crippen molar-refractivity contribution in [3.8, 4) is 11.3 Å². The summed E-state index contributed by atoms with van der Waals surface area (Å²) in [4.78, 5) is 11.0. The first kappa shape index (κ1) is 16.6. The van der Waals surface area contributed by atoms with Gasteiger partial charge in [0.1, 0.15) is 0 Å². The van der Waals surface area contributed by atoms with Gasteiger partial charge in [-0.05, 0) is 17.7 Å². The molecule has 0 spiro atoms. The Morgan fingerprint density at radius 2 is 1.84 bits per heavy atom. The maximum Gasteiger partial charge on any atom is 0.349 e. The Morgan fingerprint density at radius 3 is 2.52 bits per heavy atom. The third-order valence-electron chi connectivity index (χ3n) is 4.01. The number of ether oxygens (including phenoxy) is 1. The number of morpholine rings is 1. The highest BCUT2D eigenvalue weighted by Gasteiger charge is 2.33. The van der Waals surface area contributed by atoms with E-state index in [1.807, 2.05) is 35.2 Å². The smallest absolute Gasteiger partial charge is 0.349 e. The van der Waals surface area contributed by atoms with Crippen LogP contribution in [0.1, 0.15) is 5.56 Å². The second-order valence-electron chi connectivity index (χ2n) is 5.67. The average molecular weight is 382 g/mol. The number of benzene rings is 1. The number of hydrogen-bond donors (Lipinski definition) is 0. The fourth-order valence-electron chi connectivity index (χ4n) is 2.76. The molecule has 0 unspecified atom stereocenters. The predicted octanol–water partition coefficient (Wildman–Crippen LogP) is 4.48. The normalized spacial score (nSPS) is 15.7. The monoisotopic (exact) mass is 381 g/mol. The molecule has 25 heavy (non-hydrogen) atoms. The molecule has 0 saturated carbocycles. The first-order chi connectivity index (χ1) is 12.0. The van der Waals surface area contributed by atoms with Crippen molar-refractivity contribution in [1.29, 1.82) is 0 Å². The molecule has 8 heteroatoms. The molecule has 1 aliphatic heterocycles. The first-order valence-corrected chi connectivity index (χ1v) is 8.99. The average Bonchev–Trinajstić information content (AvgIpc) is 3.05. The molecule has 3 aromatic rings.